The number of phenols is 1. The lowest BCUT2D eigenvalue weighted by Gasteiger charge is -2.32. The second kappa shape index (κ2) is 4.61. The predicted octanol–water partition coefficient (Wildman–Crippen LogP) is 2.21. The largest absolute Gasteiger partial charge is 0.507 e. The Hall–Kier alpha value is -1.96. The third-order valence-corrected chi connectivity index (χ3v) is 2.70. The quantitative estimate of drug-likeness (QED) is 0.855. The van der Waals surface area contributed by atoms with Gasteiger partial charge in [0, 0.05) is 12.7 Å². The number of hydrogen-bond acceptors (Lipinski definition) is 3. The van der Waals surface area contributed by atoms with E-state index in [4.69, 9.17) is 4.84 Å². The van der Waals surface area contributed by atoms with Gasteiger partial charge in [-0.1, -0.05) is 0 Å². The van der Waals surface area contributed by atoms with Crippen LogP contribution in [0.25, 0.3) is 0 Å². The number of nitrogens with zero attached hydrogens (tertiary/aromatic N) is 2. The van der Waals surface area contributed by atoms with Gasteiger partial charge in [-0.3, -0.25) is 9.74 Å². The van der Waals surface area contributed by atoms with Gasteiger partial charge in [-0.15, -0.1) is 0 Å². The van der Waals surface area contributed by atoms with E-state index in [1.165, 1.54) is 13.1 Å². The molecule has 19 heavy (non-hydrogen) atoms. The zero-order chi connectivity index (χ0) is 14.2. The Kier molecular flexibility index (Phi) is 3.27. The fourth-order valence-electron chi connectivity index (χ4n) is 1.75. The summed E-state index contributed by atoms with van der Waals surface area (Å²) >= 11 is 0. The highest BCUT2D eigenvalue weighted by molar-refractivity contribution is 5.91. The van der Waals surface area contributed by atoms with Gasteiger partial charge in [0.2, 0.25) is 0 Å². The molecule has 1 saturated heterocycles. The molecule has 1 fully saturated rings. The summed E-state index contributed by atoms with van der Waals surface area (Å²) in [6.45, 7) is 0.329. The van der Waals surface area contributed by atoms with Gasteiger partial charge < -0.3 is 5.11 Å². The molecule has 0 spiro atoms. The molecule has 104 valence electrons. The fraction of sp³-hybridized carbons (Fsp3) is 0.364. The van der Waals surface area contributed by atoms with Crippen LogP contribution in [0.5, 0.6) is 5.75 Å². The van der Waals surface area contributed by atoms with Crippen molar-refractivity contribution in [1.29, 1.82) is 0 Å². The molecule has 1 aliphatic rings. The summed E-state index contributed by atoms with van der Waals surface area (Å²) in [4.78, 5) is 17.8. The molecule has 0 saturated carbocycles. The number of alkyl halides is 3. The minimum atomic E-state index is -4.68. The SMILES string of the molecule is CN1OCCN(c2ccc(O)c(C(F)(F)F)c2)C1=O. The zero-order valence-corrected chi connectivity index (χ0v) is 9.94. The summed E-state index contributed by atoms with van der Waals surface area (Å²) in [6, 6.07) is 2.35. The number of carbonyl (C=O) groups excluding carboxylic acids is 1. The number of halogens is 3. The van der Waals surface area contributed by atoms with Crippen LogP contribution in [-0.2, 0) is 11.0 Å². The molecular weight excluding hydrogens is 265 g/mol. The molecule has 2 rings (SSSR count). The Morgan fingerprint density at radius 2 is 2.05 bits per heavy atom. The lowest BCUT2D eigenvalue weighted by atomic mass is 10.1. The van der Waals surface area contributed by atoms with E-state index in [-0.39, 0.29) is 18.8 Å². The van der Waals surface area contributed by atoms with Gasteiger partial charge in [-0.25, -0.2) is 9.86 Å². The maximum atomic E-state index is 12.7. The van der Waals surface area contributed by atoms with E-state index in [9.17, 15) is 23.1 Å². The molecule has 0 aliphatic carbocycles. The van der Waals surface area contributed by atoms with Gasteiger partial charge in [0.1, 0.15) is 5.75 Å². The van der Waals surface area contributed by atoms with Crippen LogP contribution in [0, 0.1) is 0 Å². The van der Waals surface area contributed by atoms with Crippen LogP contribution in [0.1, 0.15) is 5.56 Å². The van der Waals surface area contributed by atoms with Crippen LogP contribution in [0.15, 0.2) is 18.2 Å². The van der Waals surface area contributed by atoms with Gasteiger partial charge in [0.15, 0.2) is 0 Å². The Balaban J connectivity index is 2.38. The summed E-state index contributed by atoms with van der Waals surface area (Å²) in [5.74, 6) is -0.870. The van der Waals surface area contributed by atoms with Crippen molar-refractivity contribution >= 4 is 11.7 Å². The summed E-state index contributed by atoms with van der Waals surface area (Å²) in [5.41, 5.74) is -1.11. The number of amides is 2. The van der Waals surface area contributed by atoms with Crippen LogP contribution >= 0.6 is 0 Å². The molecule has 1 heterocycles. The first-order valence-corrected chi connectivity index (χ1v) is 5.39. The molecule has 8 heteroatoms. The lowest BCUT2D eigenvalue weighted by Crippen LogP contribution is -2.48. The highest BCUT2D eigenvalue weighted by Crippen LogP contribution is 2.38. The topological polar surface area (TPSA) is 53.0 Å². The number of hydroxylamine groups is 2. The van der Waals surface area contributed by atoms with Gasteiger partial charge in [-0.05, 0) is 18.2 Å². The maximum Gasteiger partial charge on any atom is 0.420 e. The number of aromatic hydroxyl groups is 1. The normalized spacial score (nSPS) is 16.9. The number of phenolic OH excluding ortho intramolecular Hbond substituents is 1. The van der Waals surface area contributed by atoms with Crippen molar-refractivity contribution in [2.45, 2.75) is 6.18 Å². The first-order chi connectivity index (χ1) is 8.80. The van der Waals surface area contributed by atoms with E-state index in [0.717, 1.165) is 22.1 Å². The lowest BCUT2D eigenvalue weighted by molar-refractivity contribution is -0.138. The van der Waals surface area contributed by atoms with Crippen molar-refractivity contribution < 1.29 is 27.9 Å². The van der Waals surface area contributed by atoms with Crippen molar-refractivity contribution in [2.75, 3.05) is 25.1 Å². The molecule has 0 aromatic heterocycles. The summed E-state index contributed by atoms with van der Waals surface area (Å²) in [6.07, 6.45) is -4.68. The molecular formula is C11H11F3N2O3. The number of anilines is 1. The summed E-state index contributed by atoms with van der Waals surface area (Å²) < 4.78 is 38.0. The van der Waals surface area contributed by atoms with Gasteiger partial charge in [0.05, 0.1) is 18.7 Å². The maximum absolute atomic E-state index is 12.7. The van der Waals surface area contributed by atoms with Crippen LogP contribution in [0.3, 0.4) is 0 Å². The van der Waals surface area contributed by atoms with Crippen LogP contribution in [0.4, 0.5) is 23.7 Å². The Morgan fingerprint density at radius 1 is 1.37 bits per heavy atom. The Bertz CT molecular complexity index is 504. The van der Waals surface area contributed by atoms with Crippen LogP contribution < -0.4 is 4.90 Å². The average molecular weight is 276 g/mol. The number of carbonyl (C=O) groups is 1. The van der Waals surface area contributed by atoms with E-state index in [1.807, 2.05) is 0 Å². The third kappa shape index (κ3) is 2.58. The summed E-state index contributed by atoms with van der Waals surface area (Å²) in [5, 5.41) is 10.2. The van der Waals surface area contributed by atoms with E-state index >= 15 is 0 Å². The molecule has 5 nitrogen and oxygen atoms in total. The highest BCUT2D eigenvalue weighted by Gasteiger charge is 2.35. The van der Waals surface area contributed by atoms with E-state index in [2.05, 4.69) is 0 Å². The zero-order valence-electron chi connectivity index (χ0n) is 9.94. The number of benzene rings is 1. The van der Waals surface area contributed by atoms with E-state index < -0.39 is 23.5 Å². The number of hydrogen-bond donors (Lipinski definition) is 1. The fourth-order valence-corrected chi connectivity index (χ4v) is 1.75. The molecule has 2 amide bonds. The van der Waals surface area contributed by atoms with Crippen molar-refractivity contribution in [3.63, 3.8) is 0 Å². The van der Waals surface area contributed by atoms with Crippen molar-refractivity contribution in [2.24, 2.45) is 0 Å². The van der Waals surface area contributed by atoms with Gasteiger partial charge >= 0.3 is 12.2 Å². The van der Waals surface area contributed by atoms with Crippen molar-refractivity contribution in [3.05, 3.63) is 23.8 Å². The molecule has 1 aliphatic heterocycles. The van der Waals surface area contributed by atoms with Crippen LogP contribution in [0.2, 0.25) is 0 Å². The average Bonchev–Trinajstić information content (AvgIpc) is 2.32. The Labute approximate surface area is 106 Å². The smallest absolute Gasteiger partial charge is 0.420 e. The summed E-state index contributed by atoms with van der Waals surface area (Å²) in [7, 11) is 1.37. The molecule has 1 N–H and O–H groups in total. The van der Waals surface area contributed by atoms with Crippen molar-refractivity contribution in [3.8, 4) is 5.75 Å². The number of urea groups is 1. The third-order valence-electron chi connectivity index (χ3n) is 2.70. The monoisotopic (exact) mass is 276 g/mol. The van der Waals surface area contributed by atoms with Crippen molar-refractivity contribution in [1.82, 2.24) is 5.06 Å². The minimum absolute atomic E-state index is 0.0604. The molecule has 1 aromatic rings. The standard InChI is InChI=1S/C11H11F3N2O3/c1-15-10(18)16(4-5-19-15)7-2-3-9(17)8(6-7)11(12,13)14/h2-3,6,17H,4-5H2,1H3. The number of rotatable bonds is 1. The Morgan fingerprint density at radius 3 is 2.68 bits per heavy atom. The first kappa shape index (κ1) is 13.5. The van der Waals surface area contributed by atoms with Gasteiger partial charge in [-0.2, -0.15) is 13.2 Å². The van der Waals surface area contributed by atoms with E-state index in [1.54, 1.807) is 0 Å². The molecule has 0 radical (unpaired) electrons. The molecule has 0 unspecified atom stereocenters. The minimum Gasteiger partial charge on any atom is -0.507 e. The molecule has 0 atom stereocenters. The second-order valence-electron chi connectivity index (χ2n) is 3.96. The van der Waals surface area contributed by atoms with E-state index in [0.29, 0.717) is 0 Å². The van der Waals surface area contributed by atoms with Gasteiger partial charge in [0.25, 0.3) is 0 Å². The highest BCUT2D eigenvalue weighted by atomic mass is 19.4. The molecule has 0 bridgehead atoms. The predicted molar refractivity (Wildman–Crippen MR) is 59.6 cm³/mol. The first-order valence-electron chi connectivity index (χ1n) is 5.39. The molecule has 1 aromatic carbocycles. The second-order valence-corrected chi connectivity index (χ2v) is 3.96. The van der Waals surface area contributed by atoms with Crippen LogP contribution in [-0.4, -0.2) is 36.4 Å².